The van der Waals surface area contributed by atoms with E-state index in [9.17, 15) is 4.79 Å². The number of nitrogens with zero attached hydrogens (tertiary/aromatic N) is 3. The van der Waals surface area contributed by atoms with Crippen molar-refractivity contribution in [2.24, 2.45) is 0 Å². The molecule has 144 valence electrons. The average molecular weight is 397 g/mol. The average Bonchev–Trinajstić information content (AvgIpc) is 2.68. The molecule has 7 nitrogen and oxygen atoms in total. The van der Waals surface area contributed by atoms with Crippen LogP contribution in [0.2, 0.25) is 5.02 Å². The molecule has 2 aromatic heterocycles. The molecule has 8 heteroatoms. The summed E-state index contributed by atoms with van der Waals surface area (Å²) in [5, 5.41) is 9.87. The summed E-state index contributed by atoms with van der Waals surface area (Å²) in [6, 6.07) is 13.0. The van der Waals surface area contributed by atoms with E-state index in [-0.39, 0.29) is 5.91 Å². The Kier molecular flexibility index (Phi) is 6.75. The summed E-state index contributed by atoms with van der Waals surface area (Å²) in [7, 11) is 0. The molecule has 0 unspecified atom stereocenters. The van der Waals surface area contributed by atoms with Gasteiger partial charge in [-0.05, 0) is 42.8 Å². The molecule has 0 bridgehead atoms. The smallest absolute Gasteiger partial charge is 0.227 e. The largest absolute Gasteiger partial charge is 0.369 e. The van der Waals surface area contributed by atoms with Crippen molar-refractivity contribution in [3.63, 3.8) is 0 Å². The van der Waals surface area contributed by atoms with Crippen molar-refractivity contribution in [2.45, 2.75) is 13.3 Å². The van der Waals surface area contributed by atoms with Crippen molar-refractivity contribution in [1.29, 1.82) is 0 Å². The van der Waals surface area contributed by atoms with E-state index in [1.54, 1.807) is 12.4 Å². The Hall–Kier alpha value is -3.19. The monoisotopic (exact) mass is 396 g/mol. The fourth-order valence-corrected chi connectivity index (χ4v) is 2.77. The zero-order chi connectivity index (χ0) is 19.8. The van der Waals surface area contributed by atoms with Crippen LogP contribution in [-0.4, -0.2) is 33.9 Å². The number of hydrogen-bond acceptors (Lipinski definition) is 6. The highest BCUT2D eigenvalue weighted by Gasteiger charge is 2.09. The first-order chi connectivity index (χ1) is 13.6. The summed E-state index contributed by atoms with van der Waals surface area (Å²) >= 11 is 6.03. The summed E-state index contributed by atoms with van der Waals surface area (Å²) in [4.78, 5) is 24.2. The minimum absolute atomic E-state index is 0.0285. The maximum absolute atomic E-state index is 10.9. The van der Waals surface area contributed by atoms with Gasteiger partial charge < -0.3 is 16.0 Å². The van der Waals surface area contributed by atoms with Gasteiger partial charge in [0.25, 0.3) is 0 Å². The third-order valence-corrected chi connectivity index (χ3v) is 4.08. The first kappa shape index (κ1) is 19.6. The molecule has 28 heavy (non-hydrogen) atoms. The molecule has 0 fully saturated rings. The summed E-state index contributed by atoms with van der Waals surface area (Å²) in [5.74, 6) is 1.18. The highest BCUT2D eigenvalue weighted by Crippen LogP contribution is 2.25. The molecule has 2 heterocycles. The fourth-order valence-electron chi connectivity index (χ4n) is 2.58. The number of benzene rings is 1. The van der Waals surface area contributed by atoms with E-state index in [0.717, 1.165) is 29.2 Å². The second-order valence-corrected chi connectivity index (χ2v) is 6.50. The van der Waals surface area contributed by atoms with Crippen molar-refractivity contribution < 1.29 is 4.79 Å². The van der Waals surface area contributed by atoms with E-state index >= 15 is 0 Å². The Balaban J connectivity index is 1.72. The second-order valence-electron chi connectivity index (χ2n) is 6.06. The van der Waals surface area contributed by atoms with Crippen LogP contribution < -0.4 is 16.0 Å². The van der Waals surface area contributed by atoms with Crippen LogP contribution in [0.1, 0.15) is 13.3 Å². The summed E-state index contributed by atoms with van der Waals surface area (Å²) in [5.41, 5.74) is 2.43. The standard InChI is InChI=1S/C20H21ClN6O/c1-14(28)22-10-4-11-24-19-17(7-3-9-23-19)18-8-12-25-20(27-18)26-16-6-2-5-15(21)13-16/h2-3,5-9,12-13H,4,10-11H2,1H3,(H,22,28)(H,23,24)(H,25,26,27). The summed E-state index contributed by atoms with van der Waals surface area (Å²) in [6.45, 7) is 2.81. The SMILES string of the molecule is CC(=O)NCCCNc1ncccc1-c1ccnc(Nc2cccc(Cl)c2)n1. The number of aromatic nitrogens is 3. The number of anilines is 3. The molecule has 0 saturated heterocycles. The van der Waals surface area contributed by atoms with E-state index in [0.29, 0.717) is 24.1 Å². The summed E-state index contributed by atoms with van der Waals surface area (Å²) < 4.78 is 0. The molecule has 1 amide bonds. The van der Waals surface area contributed by atoms with Crippen molar-refractivity contribution in [2.75, 3.05) is 23.7 Å². The molecule has 0 atom stereocenters. The lowest BCUT2D eigenvalue weighted by Gasteiger charge is -2.12. The van der Waals surface area contributed by atoms with Crippen LogP contribution in [0, 0.1) is 0 Å². The number of rotatable bonds is 8. The molecule has 1 aromatic carbocycles. The molecule has 3 aromatic rings. The number of carbonyl (C=O) groups excluding carboxylic acids is 1. The van der Waals surface area contributed by atoms with Gasteiger partial charge in [0.1, 0.15) is 5.82 Å². The minimum atomic E-state index is -0.0285. The van der Waals surface area contributed by atoms with Crippen molar-refractivity contribution >= 4 is 35.0 Å². The van der Waals surface area contributed by atoms with Gasteiger partial charge in [0.15, 0.2) is 0 Å². The molecular weight excluding hydrogens is 376 g/mol. The Bertz CT molecular complexity index is 949. The van der Waals surface area contributed by atoms with Gasteiger partial charge >= 0.3 is 0 Å². The maximum Gasteiger partial charge on any atom is 0.227 e. The number of halogens is 1. The van der Waals surface area contributed by atoms with Crippen LogP contribution in [0.15, 0.2) is 54.9 Å². The van der Waals surface area contributed by atoms with Gasteiger partial charge in [-0.25, -0.2) is 15.0 Å². The van der Waals surface area contributed by atoms with Crippen LogP contribution in [-0.2, 0) is 4.79 Å². The first-order valence-electron chi connectivity index (χ1n) is 8.91. The highest BCUT2D eigenvalue weighted by atomic mass is 35.5. The number of nitrogens with one attached hydrogen (secondary N) is 3. The normalized spacial score (nSPS) is 10.4. The maximum atomic E-state index is 10.9. The first-order valence-corrected chi connectivity index (χ1v) is 9.29. The third kappa shape index (κ3) is 5.65. The third-order valence-electron chi connectivity index (χ3n) is 3.84. The molecule has 0 spiro atoms. The molecule has 3 N–H and O–H groups in total. The summed E-state index contributed by atoms with van der Waals surface area (Å²) in [6.07, 6.45) is 4.22. The Morgan fingerprint density at radius 3 is 2.79 bits per heavy atom. The Labute approximate surface area is 168 Å². The van der Waals surface area contributed by atoms with Crippen molar-refractivity contribution in [1.82, 2.24) is 20.3 Å². The van der Waals surface area contributed by atoms with E-state index in [1.165, 1.54) is 6.92 Å². The van der Waals surface area contributed by atoms with Gasteiger partial charge in [0, 0.05) is 48.7 Å². The van der Waals surface area contributed by atoms with E-state index < -0.39 is 0 Å². The van der Waals surface area contributed by atoms with Crippen LogP contribution in [0.25, 0.3) is 11.3 Å². The lowest BCUT2D eigenvalue weighted by molar-refractivity contribution is -0.118. The van der Waals surface area contributed by atoms with Gasteiger partial charge in [-0.2, -0.15) is 0 Å². The zero-order valence-corrected chi connectivity index (χ0v) is 16.2. The van der Waals surface area contributed by atoms with Gasteiger partial charge in [-0.1, -0.05) is 17.7 Å². The second kappa shape index (κ2) is 9.66. The fraction of sp³-hybridized carbons (Fsp3) is 0.200. The molecule has 0 aliphatic rings. The van der Waals surface area contributed by atoms with Gasteiger partial charge in [-0.15, -0.1) is 0 Å². The van der Waals surface area contributed by atoms with Gasteiger partial charge in [0.2, 0.25) is 11.9 Å². The number of pyridine rings is 1. The van der Waals surface area contributed by atoms with Gasteiger partial charge in [-0.3, -0.25) is 4.79 Å². The van der Waals surface area contributed by atoms with Crippen molar-refractivity contribution in [3.05, 3.63) is 59.9 Å². The van der Waals surface area contributed by atoms with E-state index in [2.05, 4.69) is 30.9 Å². The predicted molar refractivity (Wildman–Crippen MR) is 112 cm³/mol. The van der Waals surface area contributed by atoms with Crippen LogP contribution >= 0.6 is 11.6 Å². The van der Waals surface area contributed by atoms with E-state index in [4.69, 9.17) is 11.6 Å². The molecule has 0 aliphatic carbocycles. The Morgan fingerprint density at radius 1 is 1.07 bits per heavy atom. The molecule has 0 saturated carbocycles. The minimum Gasteiger partial charge on any atom is -0.369 e. The van der Waals surface area contributed by atoms with Crippen LogP contribution in [0.5, 0.6) is 0 Å². The van der Waals surface area contributed by atoms with Crippen molar-refractivity contribution in [3.8, 4) is 11.3 Å². The molecular formula is C20H21ClN6O. The molecule has 0 aliphatic heterocycles. The number of amides is 1. The topological polar surface area (TPSA) is 91.8 Å². The van der Waals surface area contributed by atoms with E-state index in [1.807, 2.05) is 42.5 Å². The zero-order valence-electron chi connectivity index (χ0n) is 15.4. The molecule has 0 radical (unpaired) electrons. The Morgan fingerprint density at radius 2 is 1.96 bits per heavy atom. The number of hydrogen-bond donors (Lipinski definition) is 3. The predicted octanol–water partition coefficient (Wildman–Crippen LogP) is 3.87. The van der Waals surface area contributed by atoms with Crippen LogP contribution in [0.4, 0.5) is 17.5 Å². The van der Waals surface area contributed by atoms with Crippen LogP contribution in [0.3, 0.4) is 0 Å². The van der Waals surface area contributed by atoms with Gasteiger partial charge in [0.05, 0.1) is 5.69 Å². The lowest BCUT2D eigenvalue weighted by Crippen LogP contribution is -2.22. The molecule has 3 rings (SSSR count). The number of carbonyl (C=O) groups is 1. The lowest BCUT2D eigenvalue weighted by atomic mass is 10.2. The highest BCUT2D eigenvalue weighted by molar-refractivity contribution is 6.30. The quantitative estimate of drug-likeness (QED) is 0.500.